The number of H-pyrrole nitrogens is 1. The molecule has 0 unspecified atom stereocenters. The monoisotopic (exact) mass is 295 g/mol. The van der Waals surface area contributed by atoms with Gasteiger partial charge in [0.2, 0.25) is 0 Å². The Morgan fingerprint density at radius 2 is 1.85 bits per heavy atom. The Morgan fingerprint density at radius 3 is 2.40 bits per heavy atom. The van der Waals surface area contributed by atoms with Crippen LogP contribution in [0.2, 0.25) is 5.15 Å². The second kappa shape index (κ2) is 4.93. The van der Waals surface area contributed by atoms with Crippen LogP contribution in [-0.4, -0.2) is 14.5 Å². The zero-order chi connectivity index (χ0) is 15.0. The molecular weight excluding hydrogens is 286 g/mol. The fraction of sp³-hybridized carbons (Fsp3) is 0.167. The van der Waals surface area contributed by atoms with E-state index in [9.17, 15) is 19.7 Å². The van der Waals surface area contributed by atoms with Crippen LogP contribution in [0.25, 0.3) is 5.69 Å². The van der Waals surface area contributed by atoms with Gasteiger partial charge in [-0.05, 0) is 25.5 Å². The van der Waals surface area contributed by atoms with E-state index in [-0.39, 0.29) is 16.5 Å². The van der Waals surface area contributed by atoms with Gasteiger partial charge in [0.1, 0.15) is 5.15 Å². The van der Waals surface area contributed by atoms with Crippen molar-refractivity contribution in [2.75, 3.05) is 0 Å². The molecule has 104 valence electrons. The van der Waals surface area contributed by atoms with Gasteiger partial charge in [-0.25, -0.2) is 9.36 Å². The van der Waals surface area contributed by atoms with Crippen molar-refractivity contribution in [3.05, 3.63) is 65.4 Å². The van der Waals surface area contributed by atoms with E-state index in [0.717, 1.165) is 10.6 Å². The molecule has 1 heterocycles. The average molecular weight is 296 g/mol. The number of aryl methyl sites for hydroxylation is 2. The molecule has 20 heavy (non-hydrogen) atoms. The van der Waals surface area contributed by atoms with Crippen molar-refractivity contribution in [3.63, 3.8) is 0 Å². The molecule has 1 aromatic carbocycles. The van der Waals surface area contributed by atoms with Crippen LogP contribution in [0, 0.1) is 24.0 Å². The molecule has 0 amide bonds. The van der Waals surface area contributed by atoms with Gasteiger partial charge in [0.05, 0.1) is 10.6 Å². The highest BCUT2D eigenvalue weighted by Crippen LogP contribution is 2.23. The Bertz CT molecular complexity index is 791. The lowest BCUT2D eigenvalue weighted by Crippen LogP contribution is -2.33. The van der Waals surface area contributed by atoms with Gasteiger partial charge in [0, 0.05) is 17.7 Å². The molecule has 0 aliphatic carbocycles. The zero-order valence-corrected chi connectivity index (χ0v) is 11.4. The number of nitro groups is 1. The van der Waals surface area contributed by atoms with E-state index in [0.29, 0.717) is 11.1 Å². The minimum Gasteiger partial charge on any atom is -0.297 e. The van der Waals surface area contributed by atoms with E-state index >= 15 is 0 Å². The van der Waals surface area contributed by atoms with Crippen molar-refractivity contribution in [1.82, 2.24) is 9.55 Å². The Hall–Kier alpha value is -2.41. The van der Waals surface area contributed by atoms with Gasteiger partial charge < -0.3 is 0 Å². The maximum absolute atomic E-state index is 11.9. The third-order valence-electron chi connectivity index (χ3n) is 2.85. The Kier molecular flexibility index (Phi) is 3.46. The Labute approximate surface area is 117 Å². The molecule has 7 nitrogen and oxygen atoms in total. The molecule has 0 atom stereocenters. The van der Waals surface area contributed by atoms with E-state index in [1.807, 2.05) is 0 Å². The maximum atomic E-state index is 11.9. The minimum atomic E-state index is -0.696. The van der Waals surface area contributed by atoms with Gasteiger partial charge in [0.15, 0.2) is 0 Å². The quantitative estimate of drug-likeness (QED) is 0.518. The summed E-state index contributed by atoms with van der Waals surface area (Å²) in [6.07, 6.45) is 0. The number of nitrogens with one attached hydrogen (secondary N) is 1. The summed E-state index contributed by atoms with van der Waals surface area (Å²) in [5, 5.41) is 10.8. The molecule has 0 spiro atoms. The third kappa shape index (κ3) is 2.35. The van der Waals surface area contributed by atoms with Gasteiger partial charge in [-0.3, -0.25) is 19.9 Å². The maximum Gasteiger partial charge on any atom is 0.334 e. The number of nitro benzene ring substituents is 1. The first-order chi connectivity index (χ1) is 9.31. The Balaban J connectivity index is 2.79. The van der Waals surface area contributed by atoms with E-state index in [2.05, 4.69) is 4.98 Å². The molecular formula is C12H10ClN3O4. The molecule has 0 aliphatic rings. The molecule has 2 rings (SSSR count). The first-order valence-electron chi connectivity index (χ1n) is 5.59. The molecule has 0 radical (unpaired) electrons. The summed E-state index contributed by atoms with van der Waals surface area (Å²) >= 11 is 5.59. The fourth-order valence-electron chi connectivity index (χ4n) is 1.92. The van der Waals surface area contributed by atoms with Crippen LogP contribution in [-0.2, 0) is 0 Å². The summed E-state index contributed by atoms with van der Waals surface area (Å²) in [6.45, 7) is 3.12. The van der Waals surface area contributed by atoms with Crippen LogP contribution < -0.4 is 11.2 Å². The van der Waals surface area contributed by atoms with Gasteiger partial charge >= 0.3 is 5.69 Å². The van der Waals surface area contributed by atoms with Gasteiger partial charge in [-0.15, -0.1) is 0 Å². The van der Waals surface area contributed by atoms with Gasteiger partial charge in [0.25, 0.3) is 11.2 Å². The van der Waals surface area contributed by atoms with E-state index in [4.69, 9.17) is 11.6 Å². The molecule has 1 N–H and O–H groups in total. The van der Waals surface area contributed by atoms with Gasteiger partial charge in [-0.2, -0.15) is 0 Å². The lowest BCUT2D eigenvalue weighted by atomic mass is 10.1. The lowest BCUT2D eigenvalue weighted by Gasteiger charge is -2.09. The molecule has 0 saturated heterocycles. The molecule has 2 aromatic rings. The number of halogens is 1. The standard InChI is InChI=1S/C12H10ClN3O4/c1-6-4-9(16(19)20)7(2)3-8(6)15-11(17)5-10(13)14-12(15)18/h3-5H,1-2H3,(H,14,18). The predicted molar refractivity (Wildman–Crippen MR) is 73.8 cm³/mol. The van der Waals surface area contributed by atoms with Crippen molar-refractivity contribution in [1.29, 1.82) is 0 Å². The van der Waals surface area contributed by atoms with Crippen LogP contribution in [0.1, 0.15) is 11.1 Å². The number of rotatable bonds is 2. The van der Waals surface area contributed by atoms with Crippen molar-refractivity contribution in [3.8, 4) is 5.69 Å². The highest BCUT2D eigenvalue weighted by atomic mass is 35.5. The molecule has 1 aromatic heterocycles. The van der Waals surface area contributed by atoms with Crippen molar-refractivity contribution < 1.29 is 4.92 Å². The largest absolute Gasteiger partial charge is 0.334 e. The summed E-state index contributed by atoms with van der Waals surface area (Å²) < 4.78 is 0.887. The molecule has 0 fully saturated rings. The van der Waals surface area contributed by atoms with Crippen LogP contribution in [0.4, 0.5) is 5.69 Å². The highest BCUT2D eigenvalue weighted by Gasteiger charge is 2.16. The third-order valence-corrected chi connectivity index (χ3v) is 3.06. The fourth-order valence-corrected chi connectivity index (χ4v) is 2.09. The lowest BCUT2D eigenvalue weighted by molar-refractivity contribution is -0.385. The van der Waals surface area contributed by atoms with Crippen LogP contribution in [0.15, 0.2) is 27.8 Å². The number of nitrogens with zero attached hydrogens (tertiary/aromatic N) is 2. The molecule has 8 heteroatoms. The topological polar surface area (TPSA) is 98.0 Å². The van der Waals surface area contributed by atoms with Crippen LogP contribution in [0.3, 0.4) is 0 Å². The van der Waals surface area contributed by atoms with Gasteiger partial charge in [-0.1, -0.05) is 11.6 Å². The second-order valence-corrected chi connectivity index (χ2v) is 4.69. The average Bonchev–Trinajstić information content (AvgIpc) is 2.31. The molecule has 0 saturated carbocycles. The van der Waals surface area contributed by atoms with Crippen LogP contribution >= 0.6 is 11.6 Å². The van der Waals surface area contributed by atoms with E-state index < -0.39 is 16.2 Å². The molecule has 0 aliphatic heterocycles. The number of aromatic nitrogens is 2. The number of aromatic amines is 1. The zero-order valence-electron chi connectivity index (χ0n) is 10.6. The first kappa shape index (κ1) is 14.0. The smallest absolute Gasteiger partial charge is 0.297 e. The number of benzene rings is 1. The van der Waals surface area contributed by atoms with Crippen molar-refractivity contribution in [2.45, 2.75) is 13.8 Å². The summed E-state index contributed by atoms with van der Waals surface area (Å²) in [7, 11) is 0. The summed E-state index contributed by atoms with van der Waals surface area (Å²) in [5.74, 6) is 0. The summed E-state index contributed by atoms with van der Waals surface area (Å²) in [4.78, 5) is 36.3. The Morgan fingerprint density at radius 1 is 1.20 bits per heavy atom. The second-order valence-electron chi connectivity index (χ2n) is 4.28. The SMILES string of the molecule is Cc1cc([N+](=O)[O-])c(C)cc1-n1c(=O)cc(Cl)[nH]c1=O. The van der Waals surface area contributed by atoms with Crippen LogP contribution in [0.5, 0.6) is 0 Å². The normalized spacial score (nSPS) is 10.6. The molecule has 0 bridgehead atoms. The highest BCUT2D eigenvalue weighted by molar-refractivity contribution is 6.29. The number of hydrogen-bond donors (Lipinski definition) is 1. The van der Waals surface area contributed by atoms with E-state index in [1.54, 1.807) is 6.92 Å². The van der Waals surface area contributed by atoms with E-state index in [1.165, 1.54) is 19.1 Å². The predicted octanol–water partition coefficient (Wildman–Crippen LogP) is 1.70. The van der Waals surface area contributed by atoms with Crippen molar-refractivity contribution >= 4 is 17.3 Å². The van der Waals surface area contributed by atoms with Crippen molar-refractivity contribution in [2.24, 2.45) is 0 Å². The summed E-state index contributed by atoms with van der Waals surface area (Å²) in [6, 6.07) is 3.82. The summed E-state index contributed by atoms with van der Waals surface area (Å²) in [5.41, 5.74) is -0.274. The first-order valence-corrected chi connectivity index (χ1v) is 5.97. The minimum absolute atomic E-state index is 0.0625. The number of hydrogen-bond acceptors (Lipinski definition) is 4.